The second-order valence-corrected chi connectivity index (χ2v) is 4.79. The number of hydrogen-bond acceptors (Lipinski definition) is 4. The number of hydrogen-bond donors (Lipinski definition) is 3. The third-order valence-electron chi connectivity index (χ3n) is 1.78. The molecule has 0 aromatic carbocycles. The van der Waals surface area contributed by atoms with Crippen LogP contribution in [0.4, 0.5) is 0 Å². The molecule has 0 bridgehead atoms. The molecule has 1 aromatic heterocycles. The smallest absolute Gasteiger partial charge is 0.244 e. The fourth-order valence-electron chi connectivity index (χ4n) is 0.974. The van der Waals surface area contributed by atoms with E-state index in [9.17, 15) is 4.79 Å². The van der Waals surface area contributed by atoms with E-state index < -0.39 is 6.04 Å². The van der Waals surface area contributed by atoms with Crippen LogP contribution >= 0.6 is 22.9 Å². The van der Waals surface area contributed by atoms with Gasteiger partial charge in [-0.2, -0.15) is 0 Å². The Morgan fingerprint density at radius 2 is 2.19 bits per heavy atom. The zero-order valence-corrected chi connectivity index (χ0v) is 9.96. The molecule has 0 aliphatic rings. The first kappa shape index (κ1) is 13.2. The molecule has 16 heavy (non-hydrogen) atoms. The van der Waals surface area contributed by atoms with Gasteiger partial charge in [-0.25, -0.2) is 0 Å². The molecule has 0 radical (unpaired) electrons. The standard InChI is InChI=1S/C10H12ClNO3S/c11-9-3-1-8(16-9)2-4-10(15)12-7(5-13)6-14/h1-4,7,13-14H,5-6H2,(H,12,15). The van der Waals surface area contributed by atoms with Crippen LogP contribution < -0.4 is 5.32 Å². The first-order valence-electron chi connectivity index (χ1n) is 4.61. The first-order valence-corrected chi connectivity index (χ1v) is 5.80. The number of thiophene rings is 1. The number of aliphatic hydroxyl groups is 2. The average Bonchev–Trinajstić information content (AvgIpc) is 2.69. The van der Waals surface area contributed by atoms with Gasteiger partial charge in [0.1, 0.15) is 0 Å². The molecule has 3 N–H and O–H groups in total. The Bertz CT molecular complexity index is 374. The van der Waals surface area contributed by atoms with Gasteiger partial charge in [0.05, 0.1) is 23.6 Å². The Hall–Kier alpha value is -0.880. The molecule has 1 heterocycles. The number of carbonyl (C=O) groups excluding carboxylic acids is 1. The summed E-state index contributed by atoms with van der Waals surface area (Å²) < 4.78 is 0.656. The van der Waals surface area contributed by atoms with Gasteiger partial charge in [0, 0.05) is 11.0 Å². The van der Waals surface area contributed by atoms with Crippen LogP contribution in [0.3, 0.4) is 0 Å². The molecule has 0 unspecified atom stereocenters. The highest BCUT2D eigenvalue weighted by Crippen LogP contribution is 2.22. The average molecular weight is 262 g/mol. The molecule has 0 aliphatic carbocycles. The largest absolute Gasteiger partial charge is 0.394 e. The lowest BCUT2D eigenvalue weighted by Gasteiger charge is -2.10. The van der Waals surface area contributed by atoms with Crippen LogP contribution in [0.2, 0.25) is 4.34 Å². The predicted molar refractivity (Wildman–Crippen MR) is 64.5 cm³/mol. The zero-order chi connectivity index (χ0) is 12.0. The van der Waals surface area contributed by atoms with Gasteiger partial charge >= 0.3 is 0 Å². The summed E-state index contributed by atoms with van der Waals surface area (Å²) in [6, 6.07) is 2.92. The van der Waals surface area contributed by atoms with E-state index >= 15 is 0 Å². The molecule has 4 nitrogen and oxygen atoms in total. The first-order chi connectivity index (χ1) is 7.65. The molecular formula is C10H12ClNO3S. The van der Waals surface area contributed by atoms with Crippen molar-refractivity contribution in [3.63, 3.8) is 0 Å². The third-order valence-corrected chi connectivity index (χ3v) is 2.98. The van der Waals surface area contributed by atoms with Crippen molar-refractivity contribution in [3.8, 4) is 0 Å². The molecule has 0 atom stereocenters. The normalized spacial score (nSPS) is 11.2. The van der Waals surface area contributed by atoms with E-state index in [1.165, 1.54) is 17.4 Å². The van der Waals surface area contributed by atoms with Crippen LogP contribution in [0.1, 0.15) is 4.88 Å². The Morgan fingerprint density at radius 3 is 2.69 bits per heavy atom. The van der Waals surface area contributed by atoms with Crippen LogP contribution in [0.15, 0.2) is 18.2 Å². The van der Waals surface area contributed by atoms with Gasteiger partial charge in [0.25, 0.3) is 0 Å². The summed E-state index contributed by atoms with van der Waals surface area (Å²) in [5, 5.41) is 19.9. The number of carbonyl (C=O) groups is 1. The van der Waals surface area contributed by atoms with Gasteiger partial charge in [-0.15, -0.1) is 11.3 Å². The van der Waals surface area contributed by atoms with Crippen molar-refractivity contribution >= 4 is 34.9 Å². The number of nitrogens with one attached hydrogen (secondary N) is 1. The molecule has 0 fully saturated rings. The zero-order valence-electron chi connectivity index (χ0n) is 8.39. The molecule has 0 saturated carbocycles. The monoisotopic (exact) mass is 261 g/mol. The minimum Gasteiger partial charge on any atom is -0.394 e. The van der Waals surface area contributed by atoms with Crippen molar-refractivity contribution in [2.24, 2.45) is 0 Å². The Labute approximate surface area is 102 Å². The molecule has 0 aliphatic heterocycles. The fourth-order valence-corrected chi connectivity index (χ4v) is 1.94. The van der Waals surface area contributed by atoms with E-state index in [0.717, 1.165) is 4.88 Å². The highest BCUT2D eigenvalue weighted by Gasteiger charge is 2.07. The third kappa shape index (κ3) is 4.32. The lowest BCUT2D eigenvalue weighted by Crippen LogP contribution is -2.39. The van der Waals surface area contributed by atoms with Gasteiger partial charge in [-0.05, 0) is 18.2 Å². The lowest BCUT2D eigenvalue weighted by atomic mass is 10.3. The van der Waals surface area contributed by atoms with Crippen molar-refractivity contribution in [1.29, 1.82) is 0 Å². The fraction of sp³-hybridized carbons (Fsp3) is 0.300. The van der Waals surface area contributed by atoms with E-state index in [1.54, 1.807) is 18.2 Å². The van der Waals surface area contributed by atoms with Crippen molar-refractivity contribution in [2.45, 2.75) is 6.04 Å². The number of rotatable bonds is 5. The number of aliphatic hydroxyl groups excluding tert-OH is 2. The van der Waals surface area contributed by atoms with Crippen LogP contribution in [0.25, 0.3) is 6.08 Å². The molecule has 0 saturated heterocycles. The summed E-state index contributed by atoms with van der Waals surface area (Å²) >= 11 is 7.08. The quantitative estimate of drug-likeness (QED) is 0.690. The number of halogens is 1. The highest BCUT2D eigenvalue weighted by atomic mass is 35.5. The van der Waals surface area contributed by atoms with Crippen LogP contribution in [0, 0.1) is 0 Å². The van der Waals surface area contributed by atoms with Crippen molar-refractivity contribution in [3.05, 3.63) is 27.4 Å². The number of amides is 1. The van der Waals surface area contributed by atoms with Crippen LogP contribution in [-0.4, -0.2) is 35.4 Å². The summed E-state index contributed by atoms with van der Waals surface area (Å²) in [5.41, 5.74) is 0. The molecule has 1 amide bonds. The van der Waals surface area contributed by atoms with Gasteiger partial charge < -0.3 is 15.5 Å². The van der Waals surface area contributed by atoms with Gasteiger partial charge in [0.15, 0.2) is 0 Å². The highest BCUT2D eigenvalue weighted by molar-refractivity contribution is 7.17. The summed E-state index contributed by atoms with van der Waals surface area (Å²) in [6.07, 6.45) is 2.96. The van der Waals surface area contributed by atoms with Crippen LogP contribution in [0.5, 0.6) is 0 Å². The molecule has 6 heteroatoms. The second kappa shape index (κ2) is 6.65. The van der Waals surface area contributed by atoms with E-state index in [-0.39, 0.29) is 19.1 Å². The minimum atomic E-state index is -0.621. The Balaban J connectivity index is 2.48. The SMILES string of the molecule is O=C(C=Cc1ccc(Cl)s1)NC(CO)CO. The summed E-state index contributed by atoms with van der Waals surface area (Å²) in [7, 11) is 0. The minimum absolute atomic E-state index is 0.291. The van der Waals surface area contributed by atoms with E-state index in [2.05, 4.69) is 5.32 Å². The van der Waals surface area contributed by atoms with Gasteiger partial charge in [-0.1, -0.05) is 11.6 Å². The summed E-state index contributed by atoms with van der Waals surface area (Å²) in [5.74, 6) is -0.363. The van der Waals surface area contributed by atoms with Gasteiger partial charge in [-0.3, -0.25) is 4.79 Å². The second-order valence-electron chi connectivity index (χ2n) is 3.05. The van der Waals surface area contributed by atoms with E-state index in [1.807, 2.05) is 0 Å². The van der Waals surface area contributed by atoms with E-state index in [0.29, 0.717) is 4.34 Å². The maximum atomic E-state index is 11.3. The Morgan fingerprint density at radius 1 is 1.50 bits per heavy atom. The van der Waals surface area contributed by atoms with E-state index in [4.69, 9.17) is 21.8 Å². The maximum absolute atomic E-state index is 11.3. The molecule has 88 valence electrons. The maximum Gasteiger partial charge on any atom is 0.244 e. The topological polar surface area (TPSA) is 69.6 Å². The van der Waals surface area contributed by atoms with Crippen LogP contribution in [-0.2, 0) is 4.79 Å². The van der Waals surface area contributed by atoms with Crippen molar-refractivity contribution in [2.75, 3.05) is 13.2 Å². The summed E-state index contributed by atoms with van der Waals surface area (Å²) in [4.78, 5) is 12.2. The Kier molecular flexibility index (Phi) is 5.48. The molecule has 1 rings (SSSR count). The van der Waals surface area contributed by atoms with Gasteiger partial charge in [0.2, 0.25) is 5.91 Å². The molecule has 1 aromatic rings. The summed E-state index contributed by atoms with van der Waals surface area (Å²) in [6.45, 7) is -0.582. The predicted octanol–water partition coefficient (Wildman–Crippen LogP) is 0.884. The van der Waals surface area contributed by atoms with Crippen molar-refractivity contribution in [1.82, 2.24) is 5.32 Å². The molecular weight excluding hydrogens is 250 g/mol. The lowest BCUT2D eigenvalue weighted by molar-refractivity contribution is -0.117. The molecule has 0 spiro atoms. The van der Waals surface area contributed by atoms with Crippen molar-refractivity contribution < 1.29 is 15.0 Å².